The van der Waals surface area contributed by atoms with Gasteiger partial charge in [0.1, 0.15) is 6.04 Å². The molecule has 100 valence electrons. The fraction of sp³-hybridized carbons (Fsp3) is 0.833. The van der Waals surface area contributed by atoms with E-state index in [9.17, 15) is 9.59 Å². The molecule has 0 saturated carbocycles. The van der Waals surface area contributed by atoms with Crippen LogP contribution in [-0.2, 0) is 9.59 Å². The standard InChI is InChI=1S/C12H23NO3S/c1-11(2,3)9(10(15)16)13-8(14)7-17-12(4,5)6/h9H,7H2,1-6H3,(H,13,14)(H,15,16). The topological polar surface area (TPSA) is 66.4 Å². The van der Waals surface area contributed by atoms with Crippen molar-refractivity contribution in [2.24, 2.45) is 5.41 Å². The number of amides is 1. The summed E-state index contributed by atoms with van der Waals surface area (Å²) < 4.78 is -0.00219. The average Bonchev–Trinajstić information content (AvgIpc) is 2.07. The highest BCUT2D eigenvalue weighted by atomic mass is 32.2. The first-order chi connectivity index (χ1) is 7.43. The minimum Gasteiger partial charge on any atom is -0.480 e. The van der Waals surface area contributed by atoms with Crippen molar-refractivity contribution in [2.45, 2.75) is 52.3 Å². The lowest BCUT2D eigenvalue weighted by molar-refractivity contribution is -0.144. The molecule has 0 bridgehead atoms. The Kier molecular flexibility index (Phi) is 5.52. The van der Waals surface area contributed by atoms with E-state index >= 15 is 0 Å². The zero-order valence-corrected chi connectivity index (χ0v) is 12.3. The van der Waals surface area contributed by atoms with Gasteiger partial charge in [0.2, 0.25) is 5.91 Å². The lowest BCUT2D eigenvalue weighted by atomic mass is 9.87. The van der Waals surface area contributed by atoms with Crippen LogP contribution in [0, 0.1) is 5.41 Å². The highest BCUT2D eigenvalue weighted by Gasteiger charge is 2.32. The molecule has 0 rings (SSSR count). The quantitative estimate of drug-likeness (QED) is 0.813. The van der Waals surface area contributed by atoms with Gasteiger partial charge in [-0.15, -0.1) is 11.8 Å². The third kappa shape index (κ3) is 7.26. The number of thioether (sulfide) groups is 1. The van der Waals surface area contributed by atoms with Gasteiger partial charge in [0.25, 0.3) is 0 Å². The second-order valence-corrected chi connectivity index (χ2v) is 7.91. The van der Waals surface area contributed by atoms with Crippen LogP contribution in [0.3, 0.4) is 0 Å². The third-order valence-electron chi connectivity index (χ3n) is 2.05. The van der Waals surface area contributed by atoms with Crippen molar-refractivity contribution in [3.63, 3.8) is 0 Å². The van der Waals surface area contributed by atoms with Gasteiger partial charge in [0, 0.05) is 4.75 Å². The maximum Gasteiger partial charge on any atom is 0.326 e. The number of aliphatic carboxylic acids is 1. The Balaban J connectivity index is 4.39. The fourth-order valence-corrected chi connectivity index (χ4v) is 1.78. The number of carbonyl (C=O) groups excluding carboxylic acids is 1. The highest BCUT2D eigenvalue weighted by Crippen LogP contribution is 2.23. The van der Waals surface area contributed by atoms with E-state index in [2.05, 4.69) is 5.32 Å². The zero-order valence-electron chi connectivity index (χ0n) is 11.5. The van der Waals surface area contributed by atoms with Crippen LogP contribution in [0.4, 0.5) is 0 Å². The third-order valence-corrected chi connectivity index (χ3v) is 3.33. The van der Waals surface area contributed by atoms with Gasteiger partial charge in [-0.05, 0) is 5.41 Å². The van der Waals surface area contributed by atoms with Gasteiger partial charge in [-0.2, -0.15) is 0 Å². The monoisotopic (exact) mass is 261 g/mol. The van der Waals surface area contributed by atoms with Crippen molar-refractivity contribution in [1.29, 1.82) is 0 Å². The van der Waals surface area contributed by atoms with Crippen LogP contribution in [0.15, 0.2) is 0 Å². The summed E-state index contributed by atoms with van der Waals surface area (Å²) >= 11 is 1.50. The van der Waals surface area contributed by atoms with Crippen molar-refractivity contribution >= 4 is 23.6 Å². The second kappa shape index (κ2) is 5.76. The number of carboxylic acids is 1. The number of hydrogen-bond donors (Lipinski definition) is 2. The maximum atomic E-state index is 11.7. The summed E-state index contributed by atoms with van der Waals surface area (Å²) in [6, 6.07) is -0.851. The van der Waals surface area contributed by atoms with E-state index in [0.717, 1.165) is 0 Å². The summed E-state index contributed by atoms with van der Waals surface area (Å²) in [6.45, 7) is 11.4. The molecule has 1 amide bonds. The van der Waals surface area contributed by atoms with E-state index in [1.807, 2.05) is 20.8 Å². The first kappa shape index (κ1) is 16.3. The molecule has 0 saturated heterocycles. The first-order valence-electron chi connectivity index (χ1n) is 5.59. The van der Waals surface area contributed by atoms with Crippen molar-refractivity contribution < 1.29 is 14.7 Å². The summed E-state index contributed by atoms with van der Waals surface area (Å²) in [7, 11) is 0. The van der Waals surface area contributed by atoms with Crippen LogP contribution in [0.2, 0.25) is 0 Å². The minimum atomic E-state index is -0.994. The van der Waals surface area contributed by atoms with Crippen molar-refractivity contribution in [3.8, 4) is 0 Å². The van der Waals surface area contributed by atoms with Gasteiger partial charge in [0.05, 0.1) is 5.75 Å². The summed E-state index contributed by atoms with van der Waals surface area (Å²) in [6.07, 6.45) is 0. The highest BCUT2D eigenvalue weighted by molar-refractivity contribution is 8.01. The summed E-state index contributed by atoms with van der Waals surface area (Å²) in [5.41, 5.74) is -0.492. The molecule has 0 heterocycles. The molecule has 17 heavy (non-hydrogen) atoms. The lowest BCUT2D eigenvalue weighted by Gasteiger charge is -2.28. The molecular formula is C12H23NO3S. The molecule has 0 aliphatic heterocycles. The Morgan fingerprint density at radius 3 is 1.94 bits per heavy atom. The van der Waals surface area contributed by atoms with E-state index in [0.29, 0.717) is 0 Å². The molecule has 5 heteroatoms. The predicted octanol–water partition coefficient (Wildman–Crippen LogP) is 2.13. The second-order valence-electron chi connectivity index (χ2n) is 6.11. The van der Waals surface area contributed by atoms with E-state index < -0.39 is 17.4 Å². The van der Waals surface area contributed by atoms with Gasteiger partial charge < -0.3 is 10.4 Å². The largest absolute Gasteiger partial charge is 0.480 e. The van der Waals surface area contributed by atoms with E-state index in [1.54, 1.807) is 20.8 Å². The summed E-state index contributed by atoms with van der Waals surface area (Å²) in [5, 5.41) is 11.6. The van der Waals surface area contributed by atoms with Gasteiger partial charge in [-0.25, -0.2) is 4.79 Å². The Morgan fingerprint density at radius 1 is 1.18 bits per heavy atom. The van der Waals surface area contributed by atoms with Gasteiger partial charge in [-0.3, -0.25) is 4.79 Å². The SMILES string of the molecule is CC(C)(C)SCC(=O)NC(C(=O)O)C(C)(C)C. The predicted molar refractivity (Wildman–Crippen MR) is 71.2 cm³/mol. The molecule has 1 unspecified atom stereocenters. The average molecular weight is 261 g/mol. The number of hydrogen-bond acceptors (Lipinski definition) is 3. The molecular weight excluding hydrogens is 238 g/mol. The molecule has 1 atom stereocenters. The van der Waals surface area contributed by atoms with Gasteiger partial charge >= 0.3 is 5.97 Å². The normalized spacial score (nSPS) is 14.2. The minimum absolute atomic E-state index is 0.00219. The number of carboxylic acid groups (broad SMARTS) is 1. The van der Waals surface area contributed by atoms with Crippen LogP contribution < -0.4 is 5.32 Å². The lowest BCUT2D eigenvalue weighted by Crippen LogP contribution is -2.49. The van der Waals surface area contributed by atoms with Gasteiger partial charge in [0.15, 0.2) is 0 Å². The Labute approximate surface area is 108 Å². The Bertz CT molecular complexity index is 289. The molecule has 0 aliphatic carbocycles. The number of rotatable bonds is 4. The molecule has 0 radical (unpaired) electrons. The molecule has 0 aliphatic rings. The van der Waals surface area contributed by atoms with Crippen LogP contribution in [0.25, 0.3) is 0 Å². The van der Waals surface area contributed by atoms with Crippen LogP contribution in [0.5, 0.6) is 0 Å². The number of carbonyl (C=O) groups is 2. The summed E-state index contributed by atoms with van der Waals surface area (Å²) in [5.74, 6) is -0.942. The zero-order chi connectivity index (χ0) is 13.9. The molecule has 0 aromatic heterocycles. The molecule has 0 spiro atoms. The van der Waals surface area contributed by atoms with Crippen molar-refractivity contribution in [1.82, 2.24) is 5.32 Å². The van der Waals surface area contributed by atoms with Crippen molar-refractivity contribution in [2.75, 3.05) is 5.75 Å². The first-order valence-corrected chi connectivity index (χ1v) is 6.58. The van der Waals surface area contributed by atoms with E-state index in [4.69, 9.17) is 5.11 Å². The van der Waals surface area contributed by atoms with Crippen molar-refractivity contribution in [3.05, 3.63) is 0 Å². The van der Waals surface area contributed by atoms with Crippen LogP contribution in [-0.4, -0.2) is 33.5 Å². The Morgan fingerprint density at radius 2 is 1.65 bits per heavy atom. The molecule has 0 fully saturated rings. The Hall–Kier alpha value is -0.710. The molecule has 2 N–H and O–H groups in total. The molecule has 4 nitrogen and oxygen atoms in total. The summed E-state index contributed by atoms with van der Waals surface area (Å²) in [4.78, 5) is 22.7. The van der Waals surface area contributed by atoms with E-state index in [1.165, 1.54) is 11.8 Å². The fourth-order valence-electron chi connectivity index (χ4n) is 1.13. The van der Waals surface area contributed by atoms with Crippen LogP contribution >= 0.6 is 11.8 Å². The molecule has 0 aromatic rings. The van der Waals surface area contributed by atoms with Gasteiger partial charge in [-0.1, -0.05) is 41.5 Å². The maximum absolute atomic E-state index is 11.7. The molecule has 0 aromatic carbocycles. The number of nitrogens with one attached hydrogen (secondary N) is 1. The smallest absolute Gasteiger partial charge is 0.326 e. The van der Waals surface area contributed by atoms with Crippen LogP contribution in [0.1, 0.15) is 41.5 Å². The van der Waals surface area contributed by atoms with E-state index in [-0.39, 0.29) is 16.4 Å².